The van der Waals surface area contributed by atoms with Crippen molar-refractivity contribution < 1.29 is 9.53 Å². The summed E-state index contributed by atoms with van der Waals surface area (Å²) in [6, 6.07) is 0. The van der Waals surface area contributed by atoms with Gasteiger partial charge in [-0.3, -0.25) is 4.79 Å². The average Bonchev–Trinajstić information content (AvgIpc) is 2.23. The van der Waals surface area contributed by atoms with Gasteiger partial charge < -0.3 is 15.4 Å². The summed E-state index contributed by atoms with van der Waals surface area (Å²) in [6.45, 7) is 7.40. The van der Waals surface area contributed by atoms with Crippen LogP contribution in [0.15, 0.2) is 0 Å². The van der Waals surface area contributed by atoms with E-state index < -0.39 is 0 Å². The lowest BCUT2D eigenvalue weighted by molar-refractivity contribution is -0.121. The smallest absolute Gasteiger partial charge is 0.220 e. The molecule has 0 unspecified atom stereocenters. The van der Waals surface area contributed by atoms with Gasteiger partial charge >= 0.3 is 0 Å². The third-order valence-corrected chi connectivity index (χ3v) is 2.07. The van der Waals surface area contributed by atoms with Crippen LogP contribution in [0.5, 0.6) is 0 Å². The molecule has 2 N–H and O–H groups in total. The van der Waals surface area contributed by atoms with E-state index in [4.69, 9.17) is 4.74 Å². The number of nitrogens with one attached hydrogen (secondary N) is 2. The molecule has 0 rings (SSSR count). The molecule has 0 heterocycles. The van der Waals surface area contributed by atoms with Crippen molar-refractivity contribution >= 4 is 18.3 Å². The minimum absolute atomic E-state index is 0. The van der Waals surface area contributed by atoms with Crippen molar-refractivity contribution in [2.75, 3.05) is 33.4 Å². The highest BCUT2D eigenvalue weighted by Gasteiger charge is 1.99. The van der Waals surface area contributed by atoms with Crippen molar-refractivity contribution in [3.05, 3.63) is 0 Å². The Hall–Kier alpha value is -0.320. The normalized spacial score (nSPS) is 10.1. The Kier molecular flexibility index (Phi) is 15.4. The predicted octanol–water partition coefficient (Wildman–Crippen LogP) is 1.59. The zero-order valence-corrected chi connectivity index (χ0v) is 12.1. The van der Waals surface area contributed by atoms with Gasteiger partial charge in [0, 0.05) is 26.2 Å². The van der Waals surface area contributed by atoms with E-state index in [0.717, 1.165) is 39.1 Å². The van der Waals surface area contributed by atoms with Gasteiger partial charge in [0.2, 0.25) is 5.91 Å². The molecular weight excluding hydrogens is 240 g/mol. The maximum Gasteiger partial charge on any atom is 0.220 e. The molecule has 1 amide bonds. The molecule has 0 aromatic heterocycles. The van der Waals surface area contributed by atoms with Crippen LogP contribution in [0.4, 0.5) is 0 Å². The summed E-state index contributed by atoms with van der Waals surface area (Å²) in [5, 5.41) is 5.90. The second-order valence-electron chi connectivity index (χ2n) is 4.38. The van der Waals surface area contributed by atoms with Crippen LogP contribution in [0.2, 0.25) is 0 Å². The summed E-state index contributed by atoms with van der Waals surface area (Å²) >= 11 is 0. The Balaban J connectivity index is 0. The minimum Gasteiger partial charge on any atom is -0.381 e. The van der Waals surface area contributed by atoms with Crippen LogP contribution in [0.1, 0.15) is 33.1 Å². The number of amides is 1. The fraction of sp³-hybridized carbons (Fsp3) is 0.917. The summed E-state index contributed by atoms with van der Waals surface area (Å²) in [5.74, 6) is 0.718. The molecule has 0 bridgehead atoms. The molecule has 4 nitrogen and oxygen atoms in total. The molecule has 0 aromatic carbocycles. The Morgan fingerprint density at radius 3 is 2.53 bits per heavy atom. The van der Waals surface area contributed by atoms with E-state index in [9.17, 15) is 4.79 Å². The summed E-state index contributed by atoms with van der Waals surface area (Å²) in [6.07, 6.45) is 2.39. The maximum absolute atomic E-state index is 11.3. The number of ether oxygens (including phenoxy) is 1. The molecule has 0 atom stereocenters. The van der Waals surface area contributed by atoms with Crippen LogP contribution in [0.3, 0.4) is 0 Å². The fourth-order valence-corrected chi connectivity index (χ4v) is 1.24. The molecule has 0 aromatic rings. The Labute approximate surface area is 111 Å². The standard InChI is InChI=1S/C12H26N2O2.ClH/c1-11(2)10-16-9-5-8-14-12(15)6-4-7-13-3;/h11,13H,4-10H2,1-3H3,(H,14,15);1H. The quantitative estimate of drug-likeness (QED) is 0.591. The van der Waals surface area contributed by atoms with Gasteiger partial charge in [-0.2, -0.15) is 0 Å². The minimum atomic E-state index is 0. The number of halogens is 1. The van der Waals surface area contributed by atoms with E-state index in [1.807, 2.05) is 7.05 Å². The van der Waals surface area contributed by atoms with Crippen molar-refractivity contribution in [1.82, 2.24) is 10.6 Å². The summed E-state index contributed by atoms with van der Waals surface area (Å²) < 4.78 is 5.41. The van der Waals surface area contributed by atoms with E-state index in [0.29, 0.717) is 12.3 Å². The van der Waals surface area contributed by atoms with Gasteiger partial charge in [-0.1, -0.05) is 13.8 Å². The number of hydrogen-bond donors (Lipinski definition) is 2. The maximum atomic E-state index is 11.3. The molecule has 0 radical (unpaired) electrons. The van der Waals surface area contributed by atoms with Crippen LogP contribution in [-0.2, 0) is 9.53 Å². The second kappa shape index (κ2) is 13.7. The summed E-state index contributed by atoms with van der Waals surface area (Å²) in [4.78, 5) is 11.3. The summed E-state index contributed by atoms with van der Waals surface area (Å²) in [5.41, 5.74) is 0. The van der Waals surface area contributed by atoms with E-state index in [1.165, 1.54) is 0 Å². The van der Waals surface area contributed by atoms with Gasteiger partial charge in [-0.15, -0.1) is 12.4 Å². The molecular formula is C12H27ClN2O2. The topological polar surface area (TPSA) is 50.4 Å². The first kappa shape index (κ1) is 19.0. The SMILES string of the molecule is CNCCCC(=O)NCCCOCC(C)C.Cl. The van der Waals surface area contributed by atoms with Gasteiger partial charge in [-0.25, -0.2) is 0 Å². The lowest BCUT2D eigenvalue weighted by Gasteiger charge is -2.07. The third kappa shape index (κ3) is 15.7. The molecule has 0 saturated heterocycles. The molecule has 5 heteroatoms. The van der Waals surface area contributed by atoms with Crippen molar-refractivity contribution in [3.63, 3.8) is 0 Å². The zero-order valence-electron chi connectivity index (χ0n) is 11.3. The first-order chi connectivity index (χ1) is 7.66. The van der Waals surface area contributed by atoms with Gasteiger partial charge in [0.15, 0.2) is 0 Å². The number of carbonyl (C=O) groups excluding carboxylic acids is 1. The van der Waals surface area contributed by atoms with Crippen molar-refractivity contribution in [3.8, 4) is 0 Å². The van der Waals surface area contributed by atoms with Crippen LogP contribution in [0.25, 0.3) is 0 Å². The second-order valence-corrected chi connectivity index (χ2v) is 4.38. The first-order valence-electron chi connectivity index (χ1n) is 6.16. The number of rotatable bonds is 10. The number of hydrogen-bond acceptors (Lipinski definition) is 3. The van der Waals surface area contributed by atoms with Crippen molar-refractivity contribution in [2.45, 2.75) is 33.1 Å². The highest BCUT2D eigenvalue weighted by atomic mass is 35.5. The summed E-state index contributed by atoms with van der Waals surface area (Å²) in [7, 11) is 1.89. The molecule has 0 fully saturated rings. The Morgan fingerprint density at radius 2 is 1.94 bits per heavy atom. The van der Waals surface area contributed by atoms with Crippen LogP contribution < -0.4 is 10.6 Å². The molecule has 0 aliphatic rings. The van der Waals surface area contributed by atoms with Gasteiger partial charge in [0.05, 0.1) is 0 Å². The fourth-order valence-electron chi connectivity index (χ4n) is 1.24. The molecule has 17 heavy (non-hydrogen) atoms. The molecule has 0 aliphatic carbocycles. The van der Waals surface area contributed by atoms with Crippen LogP contribution >= 0.6 is 12.4 Å². The Morgan fingerprint density at radius 1 is 1.24 bits per heavy atom. The van der Waals surface area contributed by atoms with Crippen LogP contribution in [0, 0.1) is 5.92 Å². The van der Waals surface area contributed by atoms with Gasteiger partial charge in [0.1, 0.15) is 0 Å². The van der Waals surface area contributed by atoms with Gasteiger partial charge in [-0.05, 0) is 32.4 Å². The lowest BCUT2D eigenvalue weighted by atomic mass is 10.2. The van der Waals surface area contributed by atoms with E-state index >= 15 is 0 Å². The third-order valence-electron chi connectivity index (χ3n) is 2.07. The first-order valence-corrected chi connectivity index (χ1v) is 6.16. The van der Waals surface area contributed by atoms with Crippen molar-refractivity contribution in [2.24, 2.45) is 5.92 Å². The predicted molar refractivity (Wildman–Crippen MR) is 73.7 cm³/mol. The highest BCUT2D eigenvalue weighted by Crippen LogP contribution is 1.93. The molecule has 0 spiro atoms. The largest absolute Gasteiger partial charge is 0.381 e. The van der Waals surface area contributed by atoms with E-state index in [-0.39, 0.29) is 18.3 Å². The Bertz CT molecular complexity index is 178. The molecule has 0 saturated carbocycles. The van der Waals surface area contributed by atoms with Gasteiger partial charge in [0.25, 0.3) is 0 Å². The van der Waals surface area contributed by atoms with Crippen LogP contribution in [-0.4, -0.2) is 39.3 Å². The zero-order chi connectivity index (χ0) is 12.2. The highest BCUT2D eigenvalue weighted by molar-refractivity contribution is 5.85. The van der Waals surface area contributed by atoms with E-state index in [2.05, 4.69) is 24.5 Å². The van der Waals surface area contributed by atoms with E-state index in [1.54, 1.807) is 0 Å². The molecule has 0 aliphatic heterocycles. The number of carbonyl (C=O) groups is 1. The molecule has 104 valence electrons. The monoisotopic (exact) mass is 266 g/mol. The van der Waals surface area contributed by atoms with Crippen molar-refractivity contribution in [1.29, 1.82) is 0 Å². The lowest BCUT2D eigenvalue weighted by Crippen LogP contribution is -2.26. The average molecular weight is 267 g/mol.